The standard InChI is InChI=1S/C14H24N4O/c1-5-16-14(19)12-7-6-11(15)10-13(12)18(4)9-8-17(2)3/h6-7,10H,5,8-9,15H2,1-4H3,(H,16,19). The Bertz CT molecular complexity index is 431. The van der Waals surface area contributed by atoms with Crippen LogP contribution in [0.3, 0.4) is 0 Å². The molecule has 0 aromatic heterocycles. The molecule has 0 radical (unpaired) electrons. The molecule has 106 valence electrons. The van der Waals surface area contributed by atoms with Gasteiger partial charge in [0.1, 0.15) is 0 Å². The molecule has 0 fully saturated rings. The molecule has 0 aliphatic heterocycles. The molecule has 0 spiro atoms. The molecule has 0 bridgehead atoms. The Balaban J connectivity index is 2.96. The van der Waals surface area contributed by atoms with E-state index >= 15 is 0 Å². The molecule has 0 aliphatic rings. The van der Waals surface area contributed by atoms with Crippen LogP contribution < -0.4 is 16.0 Å². The molecule has 0 atom stereocenters. The summed E-state index contributed by atoms with van der Waals surface area (Å²) in [6, 6.07) is 5.38. The molecule has 1 aromatic rings. The van der Waals surface area contributed by atoms with Crippen LogP contribution in [0.15, 0.2) is 18.2 Å². The van der Waals surface area contributed by atoms with Crippen molar-refractivity contribution >= 4 is 17.3 Å². The van der Waals surface area contributed by atoms with Crippen molar-refractivity contribution in [1.82, 2.24) is 10.2 Å². The minimum absolute atomic E-state index is 0.0609. The van der Waals surface area contributed by atoms with Crippen LogP contribution in [0, 0.1) is 0 Å². The van der Waals surface area contributed by atoms with Crippen LogP contribution in [-0.4, -0.2) is 51.6 Å². The molecular formula is C14H24N4O. The van der Waals surface area contributed by atoms with Crippen molar-refractivity contribution in [1.29, 1.82) is 0 Å². The highest BCUT2D eigenvalue weighted by Crippen LogP contribution is 2.22. The third-order valence-corrected chi connectivity index (χ3v) is 2.90. The van der Waals surface area contributed by atoms with Crippen LogP contribution in [0.1, 0.15) is 17.3 Å². The van der Waals surface area contributed by atoms with Gasteiger partial charge in [0.15, 0.2) is 0 Å². The van der Waals surface area contributed by atoms with Crippen LogP contribution in [0.25, 0.3) is 0 Å². The number of likely N-dealkylation sites (N-methyl/N-ethyl adjacent to an activating group) is 2. The molecule has 0 saturated carbocycles. The molecule has 0 heterocycles. The van der Waals surface area contributed by atoms with Gasteiger partial charge >= 0.3 is 0 Å². The number of nitrogens with zero attached hydrogens (tertiary/aromatic N) is 2. The average Bonchev–Trinajstić information content (AvgIpc) is 2.36. The number of carbonyl (C=O) groups excluding carboxylic acids is 1. The van der Waals surface area contributed by atoms with Gasteiger partial charge in [-0.05, 0) is 39.2 Å². The van der Waals surface area contributed by atoms with E-state index in [9.17, 15) is 4.79 Å². The molecule has 0 saturated heterocycles. The van der Waals surface area contributed by atoms with E-state index in [0.717, 1.165) is 18.8 Å². The molecule has 5 nitrogen and oxygen atoms in total. The Labute approximate surface area is 115 Å². The van der Waals surface area contributed by atoms with E-state index in [2.05, 4.69) is 15.1 Å². The maximum absolute atomic E-state index is 12.0. The van der Waals surface area contributed by atoms with E-state index in [1.165, 1.54) is 0 Å². The monoisotopic (exact) mass is 264 g/mol. The van der Waals surface area contributed by atoms with Gasteiger partial charge in [-0.25, -0.2) is 0 Å². The fraction of sp³-hybridized carbons (Fsp3) is 0.500. The van der Waals surface area contributed by atoms with E-state index in [4.69, 9.17) is 5.73 Å². The molecule has 5 heteroatoms. The highest BCUT2D eigenvalue weighted by Gasteiger charge is 2.14. The smallest absolute Gasteiger partial charge is 0.253 e. The van der Waals surface area contributed by atoms with E-state index in [-0.39, 0.29) is 5.91 Å². The van der Waals surface area contributed by atoms with E-state index < -0.39 is 0 Å². The number of nitrogens with two attached hydrogens (primary N) is 1. The predicted molar refractivity (Wildman–Crippen MR) is 80.7 cm³/mol. The van der Waals surface area contributed by atoms with Crippen molar-refractivity contribution in [3.8, 4) is 0 Å². The molecule has 0 unspecified atom stereocenters. The summed E-state index contributed by atoms with van der Waals surface area (Å²) in [6.07, 6.45) is 0. The van der Waals surface area contributed by atoms with E-state index in [1.54, 1.807) is 12.1 Å². The van der Waals surface area contributed by atoms with Crippen molar-refractivity contribution in [3.63, 3.8) is 0 Å². The molecule has 1 aromatic carbocycles. The zero-order chi connectivity index (χ0) is 14.4. The number of hydrogen-bond donors (Lipinski definition) is 2. The first-order chi connectivity index (χ1) is 8.95. The largest absolute Gasteiger partial charge is 0.399 e. The fourth-order valence-electron chi connectivity index (χ4n) is 1.78. The number of nitrogens with one attached hydrogen (secondary N) is 1. The maximum Gasteiger partial charge on any atom is 0.253 e. The topological polar surface area (TPSA) is 61.6 Å². The Kier molecular flexibility index (Phi) is 5.63. The second-order valence-electron chi connectivity index (χ2n) is 4.86. The van der Waals surface area contributed by atoms with Crippen molar-refractivity contribution < 1.29 is 4.79 Å². The third-order valence-electron chi connectivity index (χ3n) is 2.90. The Morgan fingerprint density at radius 3 is 2.53 bits per heavy atom. The first kappa shape index (κ1) is 15.3. The lowest BCUT2D eigenvalue weighted by Gasteiger charge is -2.24. The van der Waals surface area contributed by atoms with Crippen molar-refractivity contribution in [2.75, 3.05) is 51.4 Å². The van der Waals surface area contributed by atoms with Crippen molar-refractivity contribution in [2.24, 2.45) is 0 Å². The summed E-state index contributed by atoms with van der Waals surface area (Å²) in [4.78, 5) is 16.2. The average molecular weight is 264 g/mol. The number of benzene rings is 1. The Morgan fingerprint density at radius 1 is 1.26 bits per heavy atom. The van der Waals surface area contributed by atoms with Gasteiger partial charge in [0.2, 0.25) is 0 Å². The summed E-state index contributed by atoms with van der Waals surface area (Å²) in [6.45, 7) is 4.28. The highest BCUT2D eigenvalue weighted by atomic mass is 16.1. The summed E-state index contributed by atoms with van der Waals surface area (Å²) < 4.78 is 0. The molecule has 1 amide bonds. The lowest BCUT2D eigenvalue weighted by molar-refractivity contribution is 0.0956. The summed E-state index contributed by atoms with van der Waals surface area (Å²) in [5.74, 6) is -0.0609. The summed E-state index contributed by atoms with van der Waals surface area (Å²) >= 11 is 0. The van der Waals surface area contributed by atoms with Crippen molar-refractivity contribution in [3.05, 3.63) is 23.8 Å². The van der Waals surface area contributed by atoms with Gasteiger partial charge in [0, 0.05) is 32.4 Å². The Hall–Kier alpha value is -1.75. The second-order valence-corrected chi connectivity index (χ2v) is 4.86. The molecule has 3 N–H and O–H groups in total. The van der Waals surface area contributed by atoms with Crippen LogP contribution in [0.2, 0.25) is 0 Å². The SMILES string of the molecule is CCNC(=O)c1ccc(N)cc1N(C)CCN(C)C. The van der Waals surface area contributed by atoms with Crippen LogP contribution in [0.5, 0.6) is 0 Å². The molecule has 1 rings (SSSR count). The second kappa shape index (κ2) is 6.99. The summed E-state index contributed by atoms with van der Waals surface area (Å²) in [5.41, 5.74) is 8.03. The normalized spacial score (nSPS) is 10.6. The van der Waals surface area contributed by atoms with Crippen LogP contribution in [-0.2, 0) is 0 Å². The van der Waals surface area contributed by atoms with Gasteiger partial charge in [-0.2, -0.15) is 0 Å². The van der Waals surface area contributed by atoms with Gasteiger partial charge in [-0.3, -0.25) is 4.79 Å². The summed E-state index contributed by atoms with van der Waals surface area (Å²) in [7, 11) is 6.02. The number of nitrogen functional groups attached to an aromatic ring is 1. The zero-order valence-electron chi connectivity index (χ0n) is 12.2. The minimum Gasteiger partial charge on any atom is -0.399 e. The first-order valence-electron chi connectivity index (χ1n) is 6.49. The predicted octanol–water partition coefficient (Wildman–Crippen LogP) is 1.02. The maximum atomic E-state index is 12.0. The van der Waals surface area contributed by atoms with Crippen LogP contribution in [0.4, 0.5) is 11.4 Å². The molecular weight excluding hydrogens is 240 g/mol. The van der Waals surface area contributed by atoms with E-state index in [1.807, 2.05) is 34.1 Å². The molecule has 0 aliphatic carbocycles. The zero-order valence-corrected chi connectivity index (χ0v) is 12.2. The lowest BCUT2D eigenvalue weighted by atomic mass is 10.1. The quantitative estimate of drug-likeness (QED) is 0.753. The summed E-state index contributed by atoms with van der Waals surface area (Å²) in [5, 5.41) is 2.82. The lowest BCUT2D eigenvalue weighted by Crippen LogP contribution is -2.31. The van der Waals surface area contributed by atoms with Gasteiger partial charge in [0.05, 0.1) is 11.3 Å². The van der Waals surface area contributed by atoms with Crippen molar-refractivity contribution in [2.45, 2.75) is 6.92 Å². The number of anilines is 2. The van der Waals surface area contributed by atoms with Gasteiger partial charge in [0.25, 0.3) is 5.91 Å². The number of carbonyl (C=O) groups is 1. The minimum atomic E-state index is -0.0609. The van der Waals surface area contributed by atoms with Crippen LogP contribution >= 0.6 is 0 Å². The molecule has 19 heavy (non-hydrogen) atoms. The number of rotatable bonds is 6. The number of amides is 1. The van der Waals surface area contributed by atoms with Gasteiger partial charge in [-0.15, -0.1) is 0 Å². The fourth-order valence-corrected chi connectivity index (χ4v) is 1.78. The third kappa shape index (κ3) is 4.44. The van der Waals surface area contributed by atoms with Gasteiger partial charge < -0.3 is 20.9 Å². The number of hydrogen-bond acceptors (Lipinski definition) is 4. The highest BCUT2D eigenvalue weighted by molar-refractivity contribution is 6.00. The van der Waals surface area contributed by atoms with E-state index in [0.29, 0.717) is 17.8 Å². The first-order valence-corrected chi connectivity index (χ1v) is 6.49. The van der Waals surface area contributed by atoms with Gasteiger partial charge in [-0.1, -0.05) is 0 Å². The Morgan fingerprint density at radius 2 is 1.95 bits per heavy atom.